The fraction of sp³-hybridized carbons (Fsp3) is 0.417. The Balaban J connectivity index is 2.14. The highest BCUT2D eigenvalue weighted by Gasteiger charge is 2.17. The number of anilines is 1. The van der Waals surface area contributed by atoms with Gasteiger partial charge in [-0.05, 0) is 25.0 Å². The first-order chi connectivity index (χ1) is 8.70. The maximum absolute atomic E-state index is 10.7. The number of nitrogens with one attached hydrogen (secondary N) is 1. The van der Waals surface area contributed by atoms with Crippen molar-refractivity contribution >= 4 is 11.4 Å². The van der Waals surface area contributed by atoms with Gasteiger partial charge < -0.3 is 10.1 Å². The largest absolute Gasteiger partial charge is 0.380 e. The van der Waals surface area contributed by atoms with Crippen molar-refractivity contribution < 1.29 is 9.66 Å². The van der Waals surface area contributed by atoms with Gasteiger partial charge in [-0.25, -0.2) is 0 Å². The second kappa shape index (κ2) is 5.47. The summed E-state index contributed by atoms with van der Waals surface area (Å²) in [6.45, 7) is 1.40. The molecule has 1 heterocycles. The molecule has 0 saturated carbocycles. The van der Waals surface area contributed by atoms with Crippen molar-refractivity contribution in [3.05, 3.63) is 33.9 Å². The Kier molecular flexibility index (Phi) is 3.75. The summed E-state index contributed by atoms with van der Waals surface area (Å²) in [4.78, 5) is 10.1. The van der Waals surface area contributed by atoms with Crippen molar-refractivity contribution in [2.45, 2.75) is 18.9 Å². The molecule has 2 rings (SSSR count). The van der Waals surface area contributed by atoms with E-state index < -0.39 is 4.92 Å². The Morgan fingerprint density at radius 2 is 2.39 bits per heavy atom. The molecule has 1 aromatic rings. The van der Waals surface area contributed by atoms with E-state index in [-0.39, 0.29) is 17.3 Å². The number of hydrogen-bond donors (Lipinski definition) is 1. The van der Waals surface area contributed by atoms with Crippen LogP contribution in [0.1, 0.15) is 18.4 Å². The summed E-state index contributed by atoms with van der Waals surface area (Å²) < 4.78 is 5.34. The first-order valence-corrected chi connectivity index (χ1v) is 5.73. The average molecular weight is 247 g/mol. The molecular weight excluding hydrogens is 234 g/mol. The van der Waals surface area contributed by atoms with Crippen LogP contribution >= 0.6 is 0 Å². The van der Waals surface area contributed by atoms with Gasteiger partial charge >= 0.3 is 0 Å². The van der Waals surface area contributed by atoms with Gasteiger partial charge in [0.1, 0.15) is 11.6 Å². The Labute approximate surface area is 104 Å². The van der Waals surface area contributed by atoms with Gasteiger partial charge in [-0.15, -0.1) is 0 Å². The Morgan fingerprint density at radius 3 is 3.00 bits per heavy atom. The maximum atomic E-state index is 10.7. The summed E-state index contributed by atoms with van der Waals surface area (Å²) >= 11 is 0. The number of nitro groups is 1. The molecule has 0 amide bonds. The molecule has 1 saturated heterocycles. The zero-order valence-corrected chi connectivity index (χ0v) is 9.76. The highest BCUT2D eigenvalue weighted by atomic mass is 16.6. The van der Waals surface area contributed by atoms with Crippen molar-refractivity contribution in [2.75, 3.05) is 18.5 Å². The molecule has 18 heavy (non-hydrogen) atoms. The topological polar surface area (TPSA) is 88.2 Å². The predicted molar refractivity (Wildman–Crippen MR) is 65.3 cm³/mol. The average Bonchev–Trinajstić information content (AvgIpc) is 2.39. The van der Waals surface area contributed by atoms with E-state index in [1.807, 2.05) is 6.07 Å². The minimum Gasteiger partial charge on any atom is -0.380 e. The van der Waals surface area contributed by atoms with Crippen molar-refractivity contribution in [1.82, 2.24) is 0 Å². The molecule has 1 unspecified atom stereocenters. The van der Waals surface area contributed by atoms with Crippen molar-refractivity contribution in [2.24, 2.45) is 0 Å². The van der Waals surface area contributed by atoms with Crippen LogP contribution in [0.15, 0.2) is 18.2 Å². The fourth-order valence-electron chi connectivity index (χ4n) is 1.96. The molecule has 1 aromatic carbocycles. The van der Waals surface area contributed by atoms with E-state index in [1.54, 1.807) is 6.07 Å². The molecule has 6 heteroatoms. The van der Waals surface area contributed by atoms with Crippen LogP contribution < -0.4 is 5.32 Å². The summed E-state index contributed by atoms with van der Waals surface area (Å²) in [7, 11) is 0. The standard InChI is InChI=1S/C12H13N3O3/c13-7-9-6-10(3-4-12(9)15(16)17)14-11-2-1-5-18-8-11/h3-4,6,11,14H,1-2,5,8H2. The van der Waals surface area contributed by atoms with E-state index >= 15 is 0 Å². The van der Waals surface area contributed by atoms with Crippen molar-refractivity contribution in [1.29, 1.82) is 5.26 Å². The van der Waals surface area contributed by atoms with E-state index in [4.69, 9.17) is 10.00 Å². The van der Waals surface area contributed by atoms with Crippen LogP contribution in [-0.4, -0.2) is 24.2 Å². The third-order valence-corrected chi connectivity index (χ3v) is 2.84. The second-order valence-electron chi connectivity index (χ2n) is 4.16. The minimum absolute atomic E-state index is 0.0710. The van der Waals surface area contributed by atoms with E-state index in [1.165, 1.54) is 12.1 Å². The molecule has 1 atom stereocenters. The molecule has 1 aliphatic rings. The third kappa shape index (κ3) is 2.76. The molecule has 0 bridgehead atoms. The van der Waals surface area contributed by atoms with Crippen LogP contribution in [-0.2, 0) is 4.74 Å². The molecule has 1 aliphatic heterocycles. The number of rotatable bonds is 3. The van der Waals surface area contributed by atoms with Gasteiger partial charge in [-0.2, -0.15) is 5.26 Å². The quantitative estimate of drug-likeness (QED) is 0.652. The highest BCUT2D eigenvalue weighted by Crippen LogP contribution is 2.23. The Hall–Kier alpha value is -2.13. The molecular formula is C12H13N3O3. The zero-order chi connectivity index (χ0) is 13.0. The van der Waals surface area contributed by atoms with Gasteiger partial charge in [0.15, 0.2) is 0 Å². The van der Waals surface area contributed by atoms with Crippen molar-refractivity contribution in [3.63, 3.8) is 0 Å². The lowest BCUT2D eigenvalue weighted by molar-refractivity contribution is -0.385. The summed E-state index contributed by atoms with van der Waals surface area (Å²) in [5.74, 6) is 0. The van der Waals surface area contributed by atoms with Gasteiger partial charge in [0.05, 0.1) is 11.5 Å². The van der Waals surface area contributed by atoms with Crippen LogP contribution in [0.3, 0.4) is 0 Å². The molecule has 6 nitrogen and oxygen atoms in total. The number of nitriles is 1. The molecule has 1 N–H and O–H groups in total. The summed E-state index contributed by atoms with van der Waals surface area (Å²) in [6.07, 6.45) is 1.99. The number of nitrogens with zero attached hydrogens (tertiary/aromatic N) is 2. The van der Waals surface area contributed by atoms with Crippen LogP contribution in [0.25, 0.3) is 0 Å². The molecule has 1 fully saturated rings. The minimum atomic E-state index is -0.550. The van der Waals surface area contributed by atoms with Gasteiger partial charge in [0.2, 0.25) is 0 Å². The van der Waals surface area contributed by atoms with Crippen LogP contribution in [0.4, 0.5) is 11.4 Å². The first-order valence-electron chi connectivity index (χ1n) is 5.73. The highest BCUT2D eigenvalue weighted by molar-refractivity contribution is 5.59. The van der Waals surface area contributed by atoms with Gasteiger partial charge in [-0.1, -0.05) is 0 Å². The molecule has 0 radical (unpaired) electrons. The van der Waals surface area contributed by atoms with Crippen LogP contribution in [0.2, 0.25) is 0 Å². The molecule has 0 spiro atoms. The number of hydrogen-bond acceptors (Lipinski definition) is 5. The lowest BCUT2D eigenvalue weighted by Crippen LogP contribution is -2.29. The van der Waals surface area contributed by atoms with E-state index in [2.05, 4.69) is 5.32 Å². The second-order valence-corrected chi connectivity index (χ2v) is 4.16. The fourth-order valence-corrected chi connectivity index (χ4v) is 1.96. The normalized spacial score (nSPS) is 18.9. The smallest absolute Gasteiger partial charge is 0.287 e. The summed E-state index contributed by atoms with van der Waals surface area (Å²) in [6, 6.07) is 6.52. The zero-order valence-electron chi connectivity index (χ0n) is 9.76. The van der Waals surface area contributed by atoms with Crippen LogP contribution in [0, 0.1) is 21.4 Å². The monoisotopic (exact) mass is 247 g/mol. The SMILES string of the molecule is N#Cc1cc(NC2CCCOC2)ccc1[N+](=O)[O-]. The van der Waals surface area contributed by atoms with Gasteiger partial charge in [0, 0.05) is 24.4 Å². The lowest BCUT2D eigenvalue weighted by atomic mass is 10.1. The third-order valence-electron chi connectivity index (χ3n) is 2.84. The predicted octanol–water partition coefficient (Wildman–Crippen LogP) is 2.06. The molecule has 94 valence electrons. The molecule has 0 aromatic heterocycles. The Bertz CT molecular complexity index is 490. The number of nitro benzene ring substituents is 1. The lowest BCUT2D eigenvalue weighted by Gasteiger charge is -2.24. The van der Waals surface area contributed by atoms with Gasteiger partial charge in [-0.3, -0.25) is 10.1 Å². The number of ether oxygens (including phenoxy) is 1. The summed E-state index contributed by atoms with van der Waals surface area (Å²) in [5.41, 5.74) is 0.623. The van der Waals surface area contributed by atoms with E-state index in [0.29, 0.717) is 12.3 Å². The summed E-state index contributed by atoms with van der Waals surface area (Å²) in [5, 5.41) is 22.8. The van der Waals surface area contributed by atoms with Crippen molar-refractivity contribution in [3.8, 4) is 6.07 Å². The maximum Gasteiger partial charge on any atom is 0.287 e. The number of benzene rings is 1. The van der Waals surface area contributed by atoms with Crippen LogP contribution in [0.5, 0.6) is 0 Å². The van der Waals surface area contributed by atoms with Gasteiger partial charge in [0.25, 0.3) is 5.69 Å². The van der Waals surface area contributed by atoms with E-state index in [9.17, 15) is 10.1 Å². The Morgan fingerprint density at radius 1 is 1.56 bits per heavy atom. The van der Waals surface area contributed by atoms with E-state index in [0.717, 1.165) is 19.4 Å². The first kappa shape index (κ1) is 12.3. The molecule has 0 aliphatic carbocycles.